The van der Waals surface area contributed by atoms with E-state index in [2.05, 4.69) is 0 Å². The fourth-order valence-corrected chi connectivity index (χ4v) is 5.16. The topological polar surface area (TPSA) is 89.5 Å². The lowest BCUT2D eigenvalue weighted by atomic mass is 9.82. The molecular formula is C38H52O8. The Hall–Kier alpha value is -3.94. The van der Waals surface area contributed by atoms with E-state index in [0.29, 0.717) is 50.4 Å². The number of esters is 2. The molecule has 46 heavy (non-hydrogen) atoms. The van der Waals surface area contributed by atoms with Gasteiger partial charge in [0.2, 0.25) is 0 Å². The normalized spacial score (nSPS) is 16.3. The van der Waals surface area contributed by atoms with Gasteiger partial charge >= 0.3 is 11.9 Å². The van der Waals surface area contributed by atoms with Crippen LogP contribution in [-0.2, 0) is 19.1 Å². The molecule has 1 aliphatic rings. The van der Waals surface area contributed by atoms with Crippen molar-refractivity contribution >= 4 is 11.9 Å². The van der Waals surface area contributed by atoms with Gasteiger partial charge in [-0.25, -0.2) is 0 Å². The second-order valence-electron chi connectivity index (χ2n) is 11.5. The number of unbranched alkanes of at least 4 members (excludes halogenated alkanes) is 6. The summed E-state index contributed by atoms with van der Waals surface area (Å²) < 4.78 is 33.5. The molecule has 0 spiro atoms. The number of hydrogen-bond donors (Lipinski definition) is 0. The zero-order chi connectivity index (χ0) is 32.7. The molecule has 0 unspecified atom stereocenters. The Morgan fingerprint density at radius 2 is 0.848 bits per heavy atom. The molecule has 1 saturated carbocycles. The van der Waals surface area contributed by atoms with Gasteiger partial charge < -0.3 is 28.4 Å². The van der Waals surface area contributed by atoms with E-state index in [-0.39, 0.29) is 23.8 Å². The van der Waals surface area contributed by atoms with E-state index in [1.807, 2.05) is 50.3 Å². The minimum Gasteiger partial charge on any atom is -0.502 e. The lowest BCUT2D eigenvalue weighted by Gasteiger charge is -2.25. The molecule has 8 heteroatoms. The predicted molar refractivity (Wildman–Crippen MR) is 179 cm³/mol. The standard InChI is InChI=1S/C38H52O8/c1-3-25-41-27-9-5-7-11-29-43-33-17-21-35(22-18-33)45-37(39)31-13-15-32(16-14-31)38(40)46-36-23-19-34(20-24-36)44-30-12-8-6-10-28-42-26-4-2/h3-4,17-26,31-32H,5-16,27-30H2,1-2H3. The highest BCUT2D eigenvalue weighted by molar-refractivity contribution is 5.77. The highest BCUT2D eigenvalue weighted by atomic mass is 16.5. The van der Waals surface area contributed by atoms with Crippen molar-refractivity contribution in [3.05, 3.63) is 73.2 Å². The van der Waals surface area contributed by atoms with Crippen molar-refractivity contribution in [3.63, 3.8) is 0 Å². The van der Waals surface area contributed by atoms with Gasteiger partial charge in [-0.3, -0.25) is 9.59 Å². The molecule has 0 aliphatic heterocycles. The second-order valence-corrected chi connectivity index (χ2v) is 11.5. The van der Waals surface area contributed by atoms with E-state index in [4.69, 9.17) is 28.4 Å². The number of hydrogen-bond acceptors (Lipinski definition) is 8. The molecule has 0 saturated heterocycles. The van der Waals surface area contributed by atoms with Gasteiger partial charge in [0.05, 0.1) is 50.8 Å². The molecule has 0 atom stereocenters. The third-order valence-electron chi connectivity index (χ3n) is 7.79. The summed E-state index contributed by atoms with van der Waals surface area (Å²) in [5, 5.41) is 0. The van der Waals surface area contributed by atoms with Crippen LogP contribution in [0.3, 0.4) is 0 Å². The van der Waals surface area contributed by atoms with Gasteiger partial charge in [-0.1, -0.05) is 12.2 Å². The summed E-state index contributed by atoms with van der Waals surface area (Å²) >= 11 is 0. The summed E-state index contributed by atoms with van der Waals surface area (Å²) in [6.07, 6.45) is 18.0. The van der Waals surface area contributed by atoms with Crippen LogP contribution in [0, 0.1) is 11.8 Å². The summed E-state index contributed by atoms with van der Waals surface area (Å²) in [7, 11) is 0. The molecule has 0 N–H and O–H groups in total. The van der Waals surface area contributed by atoms with Crippen molar-refractivity contribution in [2.24, 2.45) is 11.8 Å². The van der Waals surface area contributed by atoms with E-state index in [9.17, 15) is 9.59 Å². The number of ether oxygens (including phenoxy) is 6. The number of carbonyl (C=O) groups is 2. The van der Waals surface area contributed by atoms with Crippen LogP contribution in [-0.4, -0.2) is 38.4 Å². The Morgan fingerprint density at radius 3 is 1.20 bits per heavy atom. The first-order valence-corrected chi connectivity index (χ1v) is 16.9. The third kappa shape index (κ3) is 14.9. The van der Waals surface area contributed by atoms with Crippen LogP contribution in [0.25, 0.3) is 0 Å². The molecule has 0 heterocycles. The highest BCUT2D eigenvalue weighted by Gasteiger charge is 2.32. The van der Waals surface area contributed by atoms with Crippen molar-refractivity contribution in [2.45, 2.75) is 90.9 Å². The highest BCUT2D eigenvalue weighted by Crippen LogP contribution is 2.32. The lowest BCUT2D eigenvalue weighted by Crippen LogP contribution is -2.30. The van der Waals surface area contributed by atoms with E-state index < -0.39 is 0 Å². The van der Waals surface area contributed by atoms with Gasteiger partial charge in [-0.15, -0.1) is 0 Å². The molecule has 2 aromatic rings. The van der Waals surface area contributed by atoms with E-state index in [1.165, 1.54) is 0 Å². The predicted octanol–water partition coefficient (Wildman–Crippen LogP) is 8.98. The Morgan fingerprint density at radius 1 is 0.522 bits per heavy atom. The summed E-state index contributed by atoms with van der Waals surface area (Å²) in [5.41, 5.74) is 0. The van der Waals surface area contributed by atoms with Crippen molar-refractivity contribution in [3.8, 4) is 23.0 Å². The van der Waals surface area contributed by atoms with Gasteiger partial charge in [-0.2, -0.15) is 0 Å². The van der Waals surface area contributed by atoms with Crippen molar-refractivity contribution in [2.75, 3.05) is 26.4 Å². The van der Waals surface area contributed by atoms with Gasteiger partial charge in [0.1, 0.15) is 23.0 Å². The molecule has 0 radical (unpaired) electrons. The van der Waals surface area contributed by atoms with Crippen LogP contribution in [0.2, 0.25) is 0 Å². The first-order chi connectivity index (χ1) is 22.6. The second kappa shape index (κ2) is 22.5. The first kappa shape index (κ1) is 36.5. The number of benzene rings is 2. The summed E-state index contributed by atoms with van der Waals surface area (Å²) in [6, 6.07) is 14.3. The quantitative estimate of drug-likeness (QED) is 0.0548. The Labute approximate surface area is 275 Å². The van der Waals surface area contributed by atoms with Crippen LogP contribution < -0.4 is 18.9 Å². The molecule has 0 bridgehead atoms. The van der Waals surface area contributed by atoms with Crippen molar-refractivity contribution in [1.29, 1.82) is 0 Å². The number of allylic oxidation sites excluding steroid dienone is 2. The van der Waals surface area contributed by atoms with E-state index >= 15 is 0 Å². The number of rotatable bonds is 22. The Bertz CT molecular complexity index is 1070. The van der Waals surface area contributed by atoms with Gasteiger partial charge in [0, 0.05) is 0 Å². The van der Waals surface area contributed by atoms with Crippen molar-refractivity contribution < 1.29 is 38.0 Å². The molecule has 2 aromatic carbocycles. The zero-order valence-corrected chi connectivity index (χ0v) is 27.7. The fraction of sp³-hybridized carbons (Fsp3) is 0.526. The average molecular weight is 637 g/mol. The van der Waals surface area contributed by atoms with Crippen LogP contribution in [0.4, 0.5) is 0 Å². The maximum absolute atomic E-state index is 12.8. The van der Waals surface area contributed by atoms with Gasteiger partial charge in [0.15, 0.2) is 0 Å². The first-order valence-electron chi connectivity index (χ1n) is 16.9. The van der Waals surface area contributed by atoms with Crippen LogP contribution in [0.15, 0.2) is 73.2 Å². The fourth-order valence-electron chi connectivity index (χ4n) is 5.16. The van der Waals surface area contributed by atoms with Gasteiger partial charge in [0.25, 0.3) is 0 Å². The Balaban J connectivity index is 1.26. The molecular weight excluding hydrogens is 584 g/mol. The largest absolute Gasteiger partial charge is 0.502 e. The van der Waals surface area contributed by atoms with E-state index in [1.54, 1.807) is 36.8 Å². The van der Waals surface area contributed by atoms with Crippen molar-refractivity contribution in [1.82, 2.24) is 0 Å². The minimum atomic E-state index is -0.257. The van der Waals surface area contributed by atoms with Crippen LogP contribution in [0.5, 0.6) is 23.0 Å². The third-order valence-corrected chi connectivity index (χ3v) is 7.79. The number of carbonyl (C=O) groups excluding carboxylic acids is 2. The lowest BCUT2D eigenvalue weighted by molar-refractivity contribution is -0.145. The molecule has 0 amide bonds. The monoisotopic (exact) mass is 636 g/mol. The smallest absolute Gasteiger partial charge is 0.314 e. The van der Waals surface area contributed by atoms with Crippen LogP contribution >= 0.6 is 0 Å². The summed E-state index contributed by atoms with van der Waals surface area (Å²) in [6.45, 7) is 6.68. The van der Waals surface area contributed by atoms with E-state index in [0.717, 1.165) is 76.1 Å². The Kier molecular flexibility index (Phi) is 17.9. The summed E-state index contributed by atoms with van der Waals surface area (Å²) in [4.78, 5) is 25.6. The molecule has 0 aromatic heterocycles. The molecule has 252 valence electrons. The molecule has 8 nitrogen and oxygen atoms in total. The van der Waals surface area contributed by atoms with Gasteiger partial charge in [-0.05, 0) is 139 Å². The maximum Gasteiger partial charge on any atom is 0.314 e. The SMILES string of the molecule is CC=COCCCCCCOc1ccc(OC(=O)C2CCC(C(=O)Oc3ccc(OCCCCCCOC=CC)cc3)CC2)cc1. The minimum absolute atomic E-state index is 0.230. The molecule has 1 aliphatic carbocycles. The molecule has 1 fully saturated rings. The molecule has 3 rings (SSSR count). The summed E-state index contributed by atoms with van der Waals surface area (Å²) in [5.74, 6) is 1.53. The van der Waals surface area contributed by atoms with Crippen LogP contribution in [0.1, 0.15) is 90.9 Å². The maximum atomic E-state index is 12.8. The zero-order valence-electron chi connectivity index (χ0n) is 27.7. The average Bonchev–Trinajstić information content (AvgIpc) is 3.08.